The van der Waals surface area contributed by atoms with Gasteiger partial charge in [0, 0.05) is 24.9 Å². The number of likely N-dealkylation sites (tertiary alicyclic amines) is 1. The molecule has 0 aromatic heterocycles. The van der Waals surface area contributed by atoms with E-state index in [-0.39, 0.29) is 11.2 Å². The first kappa shape index (κ1) is 10.5. The molecule has 0 saturated carbocycles. The van der Waals surface area contributed by atoms with Crippen LogP contribution in [0.2, 0.25) is 0 Å². The van der Waals surface area contributed by atoms with Gasteiger partial charge in [0.1, 0.15) is 0 Å². The molecule has 2 nitrogen and oxygen atoms in total. The molecule has 0 aliphatic carbocycles. The Morgan fingerprint density at radius 2 is 2.07 bits per heavy atom. The van der Waals surface area contributed by atoms with Crippen LogP contribution in [0.3, 0.4) is 0 Å². The van der Waals surface area contributed by atoms with Gasteiger partial charge in [-0.3, -0.25) is 4.90 Å². The monoisotopic (exact) mass is 218 g/mol. The number of nitrogens with zero attached hydrogens (tertiary/aromatic N) is 2. The van der Waals surface area contributed by atoms with Gasteiger partial charge in [-0.1, -0.05) is 30.3 Å². The van der Waals surface area contributed by atoms with Gasteiger partial charge >= 0.3 is 0 Å². The van der Waals surface area contributed by atoms with E-state index in [0.29, 0.717) is 0 Å². The van der Waals surface area contributed by atoms with Crippen molar-refractivity contribution in [1.82, 2.24) is 4.90 Å². The minimum Gasteiger partial charge on any atom is -0.297 e. The average Bonchev–Trinajstić information content (AvgIpc) is 2.60. The lowest BCUT2D eigenvalue weighted by atomic mass is 10.1. The largest absolute Gasteiger partial charge is 0.297 e. The van der Waals surface area contributed by atoms with Crippen molar-refractivity contribution in [3.05, 3.63) is 35.9 Å². The summed E-state index contributed by atoms with van der Waals surface area (Å²) in [7, 11) is 0. The Bertz CT molecular complexity index is 358. The van der Waals surface area contributed by atoms with Gasteiger partial charge < -0.3 is 0 Å². The third-order valence-corrected chi connectivity index (χ3v) is 3.30. The van der Waals surface area contributed by atoms with E-state index >= 15 is 0 Å². The molecule has 15 heavy (non-hydrogen) atoms. The van der Waals surface area contributed by atoms with Gasteiger partial charge in [0.25, 0.3) is 0 Å². The van der Waals surface area contributed by atoms with E-state index in [1.54, 1.807) is 0 Å². The van der Waals surface area contributed by atoms with Crippen molar-refractivity contribution in [3.8, 4) is 6.07 Å². The van der Waals surface area contributed by atoms with Crippen LogP contribution >= 0.6 is 12.6 Å². The molecule has 0 amide bonds. The minimum absolute atomic E-state index is 0.0806. The summed E-state index contributed by atoms with van der Waals surface area (Å²) in [5.74, 6) is 0.0806. The van der Waals surface area contributed by atoms with E-state index in [9.17, 15) is 0 Å². The quantitative estimate of drug-likeness (QED) is 0.768. The van der Waals surface area contributed by atoms with Gasteiger partial charge in [0.05, 0.1) is 12.0 Å². The lowest BCUT2D eigenvalue weighted by molar-refractivity contribution is 0.325. The highest BCUT2D eigenvalue weighted by Crippen LogP contribution is 2.22. The van der Waals surface area contributed by atoms with Gasteiger partial charge in [-0.05, 0) is 5.56 Å². The summed E-state index contributed by atoms with van der Waals surface area (Å²) in [5, 5.41) is 9.10. The molecular formula is C12H14N2S. The smallest absolute Gasteiger partial charge is 0.0719 e. The lowest BCUT2D eigenvalue weighted by Gasteiger charge is -2.14. The zero-order valence-electron chi connectivity index (χ0n) is 8.50. The van der Waals surface area contributed by atoms with E-state index in [4.69, 9.17) is 5.26 Å². The molecular weight excluding hydrogens is 204 g/mol. The molecule has 1 heterocycles. The third-order valence-electron chi connectivity index (χ3n) is 2.78. The van der Waals surface area contributed by atoms with Crippen LogP contribution in [-0.2, 0) is 6.54 Å². The van der Waals surface area contributed by atoms with Crippen LogP contribution in [0.4, 0.5) is 0 Å². The Hall–Kier alpha value is -0.980. The molecule has 0 spiro atoms. The van der Waals surface area contributed by atoms with Gasteiger partial charge in [-0.15, -0.1) is 0 Å². The number of nitriles is 1. The average molecular weight is 218 g/mol. The fourth-order valence-corrected chi connectivity index (χ4v) is 2.36. The Balaban J connectivity index is 1.96. The summed E-state index contributed by atoms with van der Waals surface area (Å²) in [5.41, 5.74) is 1.30. The van der Waals surface area contributed by atoms with Crippen LogP contribution in [0.25, 0.3) is 0 Å². The number of thiol groups is 1. The topological polar surface area (TPSA) is 27.0 Å². The zero-order chi connectivity index (χ0) is 10.7. The summed E-state index contributed by atoms with van der Waals surface area (Å²) in [4.78, 5) is 2.29. The lowest BCUT2D eigenvalue weighted by Crippen LogP contribution is -2.20. The first-order chi connectivity index (χ1) is 7.29. The van der Waals surface area contributed by atoms with Crippen LogP contribution in [0.15, 0.2) is 30.3 Å². The molecule has 2 atom stereocenters. The molecule has 0 N–H and O–H groups in total. The van der Waals surface area contributed by atoms with Gasteiger partial charge in [-0.2, -0.15) is 17.9 Å². The molecule has 1 fully saturated rings. The molecule has 78 valence electrons. The van der Waals surface area contributed by atoms with Gasteiger partial charge in [0.2, 0.25) is 0 Å². The van der Waals surface area contributed by atoms with E-state index in [0.717, 1.165) is 19.6 Å². The van der Waals surface area contributed by atoms with Crippen molar-refractivity contribution in [2.24, 2.45) is 5.92 Å². The zero-order valence-corrected chi connectivity index (χ0v) is 9.40. The predicted octanol–water partition coefficient (Wildman–Crippen LogP) is 1.94. The van der Waals surface area contributed by atoms with E-state index < -0.39 is 0 Å². The standard InChI is InChI=1S/C12H14N2S/c13-6-11-8-14(9-12(11)15)7-10-4-2-1-3-5-10/h1-5,11-12,15H,7-9H2. The summed E-state index contributed by atoms with van der Waals surface area (Å²) >= 11 is 4.43. The highest BCUT2D eigenvalue weighted by molar-refractivity contribution is 7.81. The Kier molecular flexibility index (Phi) is 3.30. The summed E-state index contributed by atoms with van der Waals surface area (Å²) in [6, 6.07) is 12.7. The molecule has 1 aromatic carbocycles. The maximum atomic E-state index is 8.89. The number of hydrogen-bond donors (Lipinski definition) is 1. The predicted molar refractivity (Wildman–Crippen MR) is 63.6 cm³/mol. The normalized spacial score (nSPS) is 26.4. The van der Waals surface area contributed by atoms with Crippen molar-refractivity contribution in [2.75, 3.05) is 13.1 Å². The van der Waals surface area contributed by atoms with Crippen molar-refractivity contribution < 1.29 is 0 Å². The minimum atomic E-state index is 0.0806. The summed E-state index contributed by atoms with van der Waals surface area (Å²) in [6.07, 6.45) is 0. The number of rotatable bonds is 2. The van der Waals surface area contributed by atoms with E-state index in [2.05, 4.69) is 35.7 Å². The fourth-order valence-electron chi connectivity index (χ4n) is 1.96. The second-order valence-corrected chi connectivity index (χ2v) is 4.65. The highest BCUT2D eigenvalue weighted by atomic mass is 32.1. The second-order valence-electron chi connectivity index (χ2n) is 3.98. The summed E-state index contributed by atoms with van der Waals surface area (Å²) < 4.78 is 0. The Morgan fingerprint density at radius 3 is 2.67 bits per heavy atom. The Labute approximate surface area is 95.9 Å². The fraction of sp³-hybridized carbons (Fsp3) is 0.417. The number of hydrogen-bond acceptors (Lipinski definition) is 3. The van der Waals surface area contributed by atoms with Crippen LogP contribution in [0.5, 0.6) is 0 Å². The molecule has 1 aliphatic heterocycles. The maximum absolute atomic E-state index is 8.89. The van der Waals surface area contributed by atoms with Crippen molar-refractivity contribution in [1.29, 1.82) is 5.26 Å². The van der Waals surface area contributed by atoms with E-state index in [1.807, 2.05) is 18.2 Å². The molecule has 1 saturated heterocycles. The molecule has 2 unspecified atom stereocenters. The highest BCUT2D eigenvalue weighted by Gasteiger charge is 2.29. The molecule has 0 radical (unpaired) electrons. The number of benzene rings is 1. The second kappa shape index (κ2) is 4.69. The van der Waals surface area contributed by atoms with Gasteiger partial charge in [0.15, 0.2) is 0 Å². The van der Waals surface area contributed by atoms with Crippen molar-refractivity contribution in [2.45, 2.75) is 11.8 Å². The summed E-state index contributed by atoms with van der Waals surface area (Å²) in [6.45, 7) is 2.69. The van der Waals surface area contributed by atoms with Crippen LogP contribution in [0, 0.1) is 17.2 Å². The molecule has 3 heteroatoms. The van der Waals surface area contributed by atoms with Crippen LogP contribution < -0.4 is 0 Å². The Morgan fingerprint density at radius 1 is 1.33 bits per heavy atom. The molecule has 0 bridgehead atoms. The first-order valence-corrected chi connectivity index (χ1v) is 5.65. The molecule has 1 aromatic rings. The SMILES string of the molecule is N#CC1CN(Cc2ccccc2)CC1S. The van der Waals surface area contributed by atoms with Crippen molar-refractivity contribution in [3.63, 3.8) is 0 Å². The molecule has 1 aliphatic rings. The van der Waals surface area contributed by atoms with Crippen molar-refractivity contribution >= 4 is 12.6 Å². The van der Waals surface area contributed by atoms with E-state index in [1.165, 1.54) is 5.56 Å². The third kappa shape index (κ3) is 2.53. The first-order valence-electron chi connectivity index (χ1n) is 5.13. The molecule has 2 rings (SSSR count). The van der Waals surface area contributed by atoms with Crippen LogP contribution in [-0.4, -0.2) is 23.2 Å². The van der Waals surface area contributed by atoms with Gasteiger partial charge in [-0.25, -0.2) is 0 Å². The maximum Gasteiger partial charge on any atom is 0.0719 e. The van der Waals surface area contributed by atoms with Crippen LogP contribution in [0.1, 0.15) is 5.56 Å².